The van der Waals surface area contributed by atoms with Crippen molar-refractivity contribution < 1.29 is 24.2 Å². The maximum absolute atomic E-state index is 13.8. The normalized spacial score (nSPS) is 14.7. The fraction of sp³-hybridized carbons (Fsp3) is 0.310. The van der Waals surface area contributed by atoms with Crippen molar-refractivity contribution in [1.82, 2.24) is 14.1 Å². The zero-order valence-electron chi connectivity index (χ0n) is 23.4. The van der Waals surface area contributed by atoms with Crippen LogP contribution in [0.25, 0.3) is 10.8 Å². The highest BCUT2D eigenvalue weighted by Crippen LogP contribution is 2.45. The van der Waals surface area contributed by atoms with E-state index in [1.165, 1.54) is 10.8 Å². The van der Waals surface area contributed by atoms with Crippen LogP contribution in [0.2, 0.25) is 0 Å². The molecule has 0 aliphatic carbocycles. The number of alkyl halides is 1. The largest absolute Gasteiger partial charge is 0.507 e. The zero-order valence-corrected chi connectivity index (χ0v) is 24.1. The van der Waals surface area contributed by atoms with Crippen molar-refractivity contribution in [1.29, 1.82) is 0 Å². The number of carbonyl (C=O) groups is 3. The molecule has 0 saturated heterocycles. The van der Waals surface area contributed by atoms with Crippen LogP contribution in [0.5, 0.6) is 5.75 Å². The lowest BCUT2D eigenvalue weighted by molar-refractivity contribution is 0.0634. The lowest BCUT2D eigenvalue weighted by Gasteiger charge is -2.18. The molecule has 0 bridgehead atoms. The molecule has 3 amide bonds. The molecule has 2 aromatic heterocycles. The van der Waals surface area contributed by atoms with Gasteiger partial charge in [-0.2, -0.15) is 0 Å². The first kappa shape index (κ1) is 28.0. The third-order valence-corrected chi connectivity index (χ3v) is 7.14. The van der Waals surface area contributed by atoms with E-state index in [1.54, 1.807) is 62.7 Å². The Morgan fingerprint density at radius 3 is 2.46 bits per heavy atom. The number of hydrogen-bond donors (Lipinski definition) is 3. The molecule has 3 N–H and O–H groups in total. The standard InChI is InChI=1S/C29H31ClN6O5/c1-29(2,3)41-28(40)33-23-15-35(5)25(32-23)26(38)31-17-10-21(34(4)14-17)27(39)36-13-16(12-30)24-19-9-7-6-8-18(19)22(37)11-20(24)36/h6-11,14-16,37H,12-13H2,1-5H3,(H,31,38)(H,33,40)/t16-/m1/s1. The second-order valence-electron chi connectivity index (χ2n) is 11.0. The molecule has 0 radical (unpaired) electrons. The highest BCUT2D eigenvalue weighted by Gasteiger charge is 2.35. The van der Waals surface area contributed by atoms with E-state index in [1.807, 2.05) is 24.3 Å². The minimum absolute atomic E-state index is 0.0496. The minimum atomic E-state index is -0.685. The summed E-state index contributed by atoms with van der Waals surface area (Å²) >= 11 is 6.32. The average Bonchev–Trinajstić information content (AvgIpc) is 3.56. The topological polar surface area (TPSA) is 131 Å². The lowest BCUT2D eigenvalue weighted by Crippen LogP contribution is -2.31. The predicted octanol–water partition coefficient (Wildman–Crippen LogP) is 5.20. The van der Waals surface area contributed by atoms with Crippen molar-refractivity contribution in [3.63, 3.8) is 0 Å². The van der Waals surface area contributed by atoms with Gasteiger partial charge in [-0.1, -0.05) is 24.3 Å². The number of imidazole rings is 1. The van der Waals surface area contributed by atoms with Crippen LogP contribution >= 0.6 is 11.6 Å². The molecule has 0 fully saturated rings. The van der Waals surface area contributed by atoms with Gasteiger partial charge in [-0.15, -0.1) is 11.6 Å². The molecule has 12 heteroatoms. The second kappa shape index (κ2) is 10.5. The number of anilines is 3. The van der Waals surface area contributed by atoms with Crippen molar-refractivity contribution in [3.05, 3.63) is 65.9 Å². The average molecular weight is 579 g/mol. The smallest absolute Gasteiger partial charge is 0.413 e. The van der Waals surface area contributed by atoms with Gasteiger partial charge in [0.2, 0.25) is 5.82 Å². The number of nitrogens with one attached hydrogen (secondary N) is 2. The van der Waals surface area contributed by atoms with E-state index in [9.17, 15) is 19.5 Å². The van der Waals surface area contributed by atoms with Crippen LogP contribution in [0.3, 0.4) is 0 Å². The molecule has 214 valence electrons. The van der Waals surface area contributed by atoms with Crippen molar-refractivity contribution in [2.75, 3.05) is 28.0 Å². The number of benzene rings is 2. The fourth-order valence-corrected chi connectivity index (χ4v) is 5.31. The van der Waals surface area contributed by atoms with Crippen LogP contribution in [-0.2, 0) is 18.8 Å². The van der Waals surface area contributed by atoms with Gasteiger partial charge >= 0.3 is 6.09 Å². The molecule has 11 nitrogen and oxygen atoms in total. The quantitative estimate of drug-likeness (QED) is 0.279. The molecule has 0 saturated carbocycles. The van der Waals surface area contributed by atoms with Gasteiger partial charge in [0.25, 0.3) is 11.8 Å². The Kier molecular flexibility index (Phi) is 7.16. The number of hydrogen-bond acceptors (Lipinski definition) is 6. The first-order valence-corrected chi connectivity index (χ1v) is 13.5. The summed E-state index contributed by atoms with van der Waals surface area (Å²) in [5.41, 5.74) is 1.58. The van der Waals surface area contributed by atoms with Crippen LogP contribution in [0.15, 0.2) is 48.8 Å². The first-order chi connectivity index (χ1) is 19.4. The van der Waals surface area contributed by atoms with Gasteiger partial charge in [0.15, 0.2) is 5.82 Å². The number of carbonyl (C=O) groups excluding carboxylic acids is 3. The number of aryl methyl sites for hydroxylation is 2. The van der Waals surface area contributed by atoms with Gasteiger partial charge in [-0.25, -0.2) is 9.78 Å². The van der Waals surface area contributed by atoms with Crippen LogP contribution in [-0.4, -0.2) is 55.2 Å². The number of fused-ring (bicyclic) bond motifs is 3. The second-order valence-corrected chi connectivity index (χ2v) is 11.3. The number of phenolic OH excluding ortho intramolecular Hbond substituents is 1. The SMILES string of the molecule is Cn1cc(NC(=O)c2nc(NC(=O)OC(C)(C)C)cn2C)cc1C(=O)N1C[C@@H](CCl)c2c1cc(O)c1ccccc21. The van der Waals surface area contributed by atoms with Gasteiger partial charge < -0.3 is 29.2 Å². The number of nitrogens with zero attached hydrogens (tertiary/aromatic N) is 4. The molecule has 0 spiro atoms. The maximum atomic E-state index is 13.8. The number of ether oxygens (including phenoxy) is 1. The fourth-order valence-electron chi connectivity index (χ4n) is 5.06. The summed E-state index contributed by atoms with van der Waals surface area (Å²) in [6, 6.07) is 10.7. The highest BCUT2D eigenvalue weighted by molar-refractivity contribution is 6.19. The number of amides is 3. The number of aromatic hydroxyl groups is 1. The van der Waals surface area contributed by atoms with E-state index in [-0.39, 0.29) is 29.2 Å². The number of phenols is 1. The molecule has 0 unspecified atom stereocenters. The molecule has 41 heavy (non-hydrogen) atoms. The summed E-state index contributed by atoms with van der Waals surface area (Å²) < 4.78 is 8.33. The molecule has 1 atom stereocenters. The molecule has 5 rings (SSSR count). The Morgan fingerprint density at radius 2 is 1.78 bits per heavy atom. The number of rotatable bonds is 5. The van der Waals surface area contributed by atoms with Crippen LogP contribution in [0.1, 0.15) is 53.4 Å². The number of halogens is 1. The summed E-state index contributed by atoms with van der Waals surface area (Å²) in [5, 5.41) is 17.5. The monoisotopic (exact) mass is 578 g/mol. The van der Waals surface area contributed by atoms with Crippen molar-refractivity contribution >= 4 is 57.5 Å². The molecule has 1 aliphatic rings. The van der Waals surface area contributed by atoms with Crippen LogP contribution in [0.4, 0.5) is 22.0 Å². The van der Waals surface area contributed by atoms with Crippen LogP contribution in [0, 0.1) is 0 Å². The molecule has 2 aromatic carbocycles. The minimum Gasteiger partial charge on any atom is -0.507 e. The summed E-state index contributed by atoms with van der Waals surface area (Å²) in [5.74, 6) is -0.317. The molecular weight excluding hydrogens is 548 g/mol. The van der Waals surface area contributed by atoms with E-state index in [2.05, 4.69) is 15.6 Å². The molecule has 3 heterocycles. The van der Waals surface area contributed by atoms with E-state index in [0.29, 0.717) is 34.9 Å². The Bertz CT molecular complexity index is 1680. The van der Waals surface area contributed by atoms with E-state index in [4.69, 9.17) is 16.3 Å². The Labute approximate surface area is 241 Å². The summed E-state index contributed by atoms with van der Waals surface area (Å²) in [7, 11) is 3.33. The van der Waals surface area contributed by atoms with Gasteiger partial charge in [0.1, 0.15) is 17.0 Å². The third-order valence-electron chi connectivity index (χ3n) is 6.77. The maximum Gasteiger partial charge on any atom is 0.413 e. The Balaban J connectivity index is 1.36. The summed E-state index contributed by atoms with van der Waals surface area (Å²) in [6.07, 6.45) is 2.44. The lowest BCUT2D eigenvalue weighted by atomic mass is 9.95. The Morgan fingerprint density at radius 1 is 1.07 bits per heavy atom. The molecule has 1 aliphatic heterocycles. The van der Waals surface area contributed by atoms with Gasteiger partial charge in [-0.3, -0.25) is 14.9 Å². The van der Waals surface area contributed by atoms with Gasteiger partial charge in [0, 0.05) is 56.3 Å². The van der Waals surface area contributed by atoms with Gasteiger partial charge in [-0.05, 0) is 37.8 Å². The van der Waals surface area contributed by atoms with Crippen LogP contribution < -0.4 is 15.5 Å². The van der Waals surface area contributed by atoms with Gasteiger partial charge in [0.05, 0.1) is 11.4 Å². The first-order valence-electron chi connectivity index (χ1n) is 13.0. The van der Waals surface area contributed by atoms with E-state index in [0.717, 1.165) is 10.9 Å². The van der Waals surface area contributed by atoms with Crippen molar-refractivity contribution in [2.45, 2.75) is 32.3 Å². The number of aromatic nitrogens is 3. The predicted molar refractivity (Wildman–Crippen MR) is 157 cm³/mol. The summed E-state index contributed by atoms with van der Waals surface area (Å²) in [4.78, 5) is 44.7. The zero-order chi connectivity index (χ0) is 29.6. The summed E-state index contributed by atoms with van der Waals surface area (Å²) in [6.45, 7) is 5.59. The highest BCUT2D eigenvalue weighted by atomic mass is 35.5. The third kappa shape index (κ3) is 5.45. The molecular formula is C29H31ClN6O5. The Hall–Kier alpha value is -4.51. The van der Waals surface area contributed by atoms with Crippen molar-refractivity contribution in [2.24, 2.45) is 14.1 Å². The van der Waals surface area contributed by atoms with E-state index >= 15 is 0 Å². The van der Waals surface area contributed by atoms with Crippen molar-refractivity contribution in [3.8, 4) is 5.75 Å². The molecule has 4 aromatic rings. The van der Waals surface area contributed by atoms with E-state index < -0.39 is 17.6 Å².